The predicted molar refractivity (Wildman–Crippen MR) is 160 cm³/mol. The molecule has 1 amide bonds. The first kappa shape index (κ1) is 25.6. The highest BCUT2D eigenvalue weighted by atomic mass is 16.3. The Bertz CT molecular complexity index is 1380. The van der Waals surface area contributed by atoms with Crippen molar-refractivity contribution < 1.29 is 9.90 Å². The van der Waals surface area contributed by atoms with E-state index in [0.717, 1.165) is 63.7 Å². The van der Waals surface area contributed by atoms with Crippen molar-refractivity contribution in [2.24, 2.45) is 11.3 Å². The van der Waals surface area contributed by atoms with Crippen molar-refractivity contribution in [2.75, 3.05) is 32.0 Å². The number of hydrogen-bond donors (Lipinski definition) is 2. The molecule has 40 heavy (non-hydrogen) atoms. The molecular weight excluding hydrogens is 494 g/mol. The summed E-state index contributed by atoms with van der Waals surface area (Å²) < 4.78 is 0. The number of nitrogens with one attached hydrogen (secondary N) is 1. The van der Waals surface area contributed by atoms with Gasteiger partial charge in [0.1, 0.15) is 5.75 Å². The molecule has 0 radical (unpaired) electrons. The Balaban J connectivity index is 1.18. The van der Waals surface area contributed by atoms with Crippen LogP contribution in [0.5, 0.6) is 5.75 Å². The molecule has 2 N–H and O–H groups in total. The number of hydrogen-bond acceptors (Lipinski definition) is 4. The molecule has 0 aromatic heterocycles. The zero-order valence-electron chi connectivity index (χ0n) is 23.6. The number of carbonyl (C=O) groups excluding carboxylic acids is 1. The highest BCUT2D eigenvalue weighted by Crippen LogP contribution is 2.72. The number of amides is 1. The number of rotatable bonds is 7. The maximum absolute atomic E-state index is 13.6. The van der Waals surface area contributed by atoms with E-state index >= 15 is 0 Å². The number of phenols is 1. The van der Waals surface area contributed by atoms with Crippen LogP contribution >= 0.6 is 0 Å². The highest BCUT2D eigenvalue weighted by Gasteiger charge is 2.71. The van der Waals surface area contributed by atoms with Crippen molar-refractivity contribution in [1.82, 2.24) is 9.80 Å². The number of carbonyl (C=O) groups is 1. The first-order valence-electron chi connectivity index (χ1n) is 15.2. The summed E-state index contributed by atoms with van der Waals surface area (Å²) in [6.45, 7) is 3.18. The Labute approximate surface area is 238 Å². The van der Waals surface area contributed by atoms with Gasteiger partial charge >= 0.3 is 0 Å². The molecule has 3 aromatic carbocycles. The lowest BCUT2D eigenvalue weighted by atomic mass is 9.43. The van der Waals surface area contributed by atoms with Crippen molar-refractivity contribution in [2.45, 2.75) is 62.4 Å². The second-order valence-electron chi connectivity index (χ2n) is 12.7. The normalized spacial score (nSPS) is 30.3. The molecule has 5 nitrogen and oxygen atoms in total. The molecule has 1 aliphatic heterocycles. The largest absolute Gasteiger partial charge is 0.508 e. The van der Waals surface area contributed by atoms with E-state index in [9.17, 15) is 9.90 Å². The molecule has 3 fully saturated rings. The van der Waals surface area contributed by atoms with Crippen LogP contribution in [0.2, 0.25) is 0 Å². The van der Waals surface area contributed by atoms with Crippen LogP contribution in [0.15, 0.2) is 78.9 Å². The van der Waals surface area contributed by atoms with E-state index in [2.05, 4.69) is 57.6 Å². The average Bonchev–Trinajstić information content (AvgIpc) is 3.22. The van der Waals surface area contributed by atoms with Crippen LogP contribution in [0.1, 0.15) is 60.0 Å². The third-order valence-electron chi connectivity index (χ3n) is 11.2. The SMILES string of the molecule is CN(C(=O)c1ccccc1)C1CCC23CCC1C21CCN(CCCNc2ccccc2)C3Cc2ccc(O)cc21. The molecule has 5 heteroatoms. The van der Waals surface area contributed by atoms with Crippen LogP contribution in [-0.4, -0.2) is 59.6 Å². The lowest BCUT2D eigenvalue weighted by Gasteiger charge is -2.67. The quantitative estimate of drug-likeness (QED) is 0.359. The van der Waals surface area contributed by atoms with E-state index in [-0.39, 0.29) is 22.8 Å². The van der Waals surface area contributed by atoms with Gasteiger partial charge in [-0.25, -0.2) is 0 Å². The number of likely N-dealkylation sites (tertiary alicyclic amines) is 1. The number of phenolic OH excluding ortho intramolecular Hbond substituents is 1. The minimum atomic E-state index is 0.0247. The molecule has 1 saturated heterocycles. The molecular formula is C35H41N3O2. The van der Waals surface area contributed by atoms with Gasteiger partial charge in [-0.2, -0.15) is 0 Å². The Morgan fingerprint density at radius 3 is 2.55 bits per heavy atom. The molecule has 2 saturated carbocycles. The average molecular weight is 536 g/mol. The fraction of sp³-hybridized carbons (Fsp3) is 0.457. The molecule has 5 unspecified atom stereocenters. The second-order valence-corrected chi connectivity index (χ2v) is 12.7. The smallest absolute Gasteiger partial charge is 0.253 e. The van der Waals surface area contributed by atoms with Crippen LogP contribution in [0.3, 0.4) is 0 Å². The second kappa shape index (κ2) is 9.95. The molecule has 208 valence electrons. The highest BCUT2D eigenvalue weighted by molar-refractivity contribution is 5.94. The Morgan fingerprint density at radius 1 is 1.00 bits per heavy atom. The van der Waals surface area contributed by atoms with Crippen LogP contribution in [-0.2, 0) is 11.8 Å². The van der Waals surface area contributed by atoms with E-state index in [1.165, 1.54) is 23.2 Å². The van der Waals surface area contributed by atoms with Crippen molar-refractivity contribution in [3.63, 3.8) is 0 Å². The van der Waals surface area contributed by atoms with Crippen LogP contribution in [0.25, 0.3) is 0 Å². The Hall–Kier alpha value is -3.31. The lowest BCUT2D eigenvalue weighted by Crippen LogP contribution is -2.70. The fourth-order valence-electron chi connectivity index (χ4n) is 9.65. The van der Waals surface area contributed by atoms with E-state index < -0.39 is 0 Å². The molecule has 1 heterocycles. The summed E-state index contributed by atoms with van der Waals surface area (Å²) >= 11 is 0. The zero-order chi connectivity index (χ0) is 27.3. The summed E-state index contributed by atoms with van der Waals surface area (Å²) in [7, 11) is 2.03. The van der Waals surface area contributed by atoms with Gasteiger partial charge < -0.3 is 15.3 Å². The van der Waals surface area contributed by atoms with Crippen LogP contribution in [0, 0.1) is 11.3 Å². The van der Waals surface area contributed by atoms with Crippen molar-refractivity contribution in [3.05, 3.63) is 95.6 Å². The van der Waals surface area contributed by atoms with Gasteiger partial charge in [-0.1, -0.05) is 42.5 Å². The molecule has 4 bridgehead atoms. The van der Waals surface area contributed by atoms with Crippen molar-refractivity contribution >= 4 is 11.6 Å². The molecule has 0 spiro atoms. The summed E-state index contributed by atoms with van der Waals surface area (Å²) in [4.78, 5) is 18.5. The number of fused-ring (bicyclic) bond motifs is 1. The number of aromatic hydroxyl groups is 1. The predicted octanol–water partition coefficient (Wildman–Crippen LogP) is 6.09. The summed E-state index contributed by atoms with van der Waals surface area (Å²) in [5.41, 5.74) is 5.01. The molecule has 5 atom stereocenters. The summed E-state index contributed by atoms with van der Waals surface area (Å²) in [6.07, 6.45) is 7.90. The number of nitrogens with zero attached hydrogens (tertiary/aromatic N) is 2. The number of benzene rings is 3. The molecule has 3 aromatic rings. The van der Waals surface area contributed by atoms with Gasteiger partial charge in [-0.05, 0) is 110 Å². The molecule has 4 aliphatic rings. The number of para-hydroxylation sites is 1. The van der Waals surface area contributed by atoms with E-state index in [1.54, 1.807) is 0 Å². The Morgan fingerprint density at radius 2 is 1.75 bits per heavy atom. The van der Waals surface area contributed by atoms with Crippen molar-refractivity contribution in [3.8, 4) is 5.75 Å². The van der Waals surface area contributed by atoms with Gasteiger partial charge in [0.05, 0.1) is 0 Å². The fourth-order valence-corrected chi connectivity index (χ4v) is 9.65. The summed E-state index contributed by atoms with van der Waals surface area (Å²) in [6, 6.07) is 27.2. The topological polar surface area (TPSA) is 55.8 Å². The van der Waals surface area contributed by atoms with E-state index in [1.807, 2.05) is 43.4 Å². The van der Waals surface area contributed by atoms with Gasteiger partial charge in [0, 0.05) is 48.9 Å². The minimum Gasteiger partial charge on any atom is -0.508 e. The van der Waals surface area contributed by atoms with Gasteiger partial charge in [-0.3, -0.25) is 9.69 Å². The third-order valence-corrected chi connectivity index (χ3v) is 11.2. The van der Waals surface area contributed by atoms with Gasteiger partial charge in [0.15, 0.2) is 0 Å². The van der Waals surface area contributed by atoms with E-state index in [4.69, 9.17) is 0 Å². The first-order chi connectivity index (χ1) is 19.5. The van der Waals surface area contributed by atoms with Gasteiger partial charge in [0.2, 0.25) is 0 Å². The Kier molecular flexibility index (Phi) is 6.38. The number of piperidine rings is 1. The third kappa shape index (κ3) is 3.81. The maximum atomic E-state index is 13.6. The van der Waals surface area contributed by atoms with E-state index in [0.29, 0.717) is 17.7 Å². The van der Waals surface area contributed by atoms with Crippen LogP contribution in [0.4, 0.5) is 5.69 Å². The van der Waals surface area contributed by atoms with Crippen LogP contribution < -0.4 is 5.32 Å². The van der Waals surface area contributed by atoms with Gasteiger partial charge in [-0.15, -0.1) is 0 Å². The standard InChI is InChI=1S/C35H41N3O2/c1-37(33(40)25-9-4-2-5-10-25)31-16-18-34-17-15-29(31)35(34)19-22-38(21-8-20-36-27-11-6-3-7-12-27)32(34)23-26-13-14-28(39)24-30(26)35/h2-7,9-14,24,29,31-32,36,39H,8,15-23H2,1H3. The monoisotopic (exact) mass is 535 g/mol. The summed E-state index contributed by atoms with van der Waals surface area (Å²) in [5.74, 6) is 0.934. The van der Waals surface area contributed by atoms with Gasteiger partial charge in [0.25, 0.3) is 5.91 Å². The maximum Gasteiger partial charge on any atom is 0.253 e. The van der Waals surface area contributed by atoms with Crippen molar-refractivity contribution in [1.29, 1.82) is 0 Å². The molecule has 7 rings (SSSR count). The lowest BCUT2D eigenvalue weighted by molar-refractivity contribution is -0.103. The number of anilines is 1. The first-order valence-corrected chi connectivity index (χ1v) is 15.2. The minimum absolute atomic E-state index is 0.0247. The zero-order valence-corrected chi connectivity index (χ0v) is 23.6. The summed E-state index contributed by atoms with van der Waals surface area (Å²) in [5, 5.41) is 14.3. The molecule has 3 aliphatic carbocycles.